The van der Waals surface area contributed by atoms with Gasteiger partial charge in [-0.05, 0) is 5.92 Å². The number of hydrogen-bond acceptors (Lipinski definition) is 5. The van der Waals surface area contributed by atoms with E-state index in [2.05, 4.69) is 15.3 Å². The number of nitrogens with two attached hydrogens (primary N) is 1. The quantitative estimate of drug-likeness (QED) is 0.778. The van der Waals surface area contributed by atoms with Crippen LogP contribution in [0.5, 0.6) is 0 Å². The fourth-order valence-electron chi connectivity index (χ4n) is 1.33. The standard InChI is InChI=1S/C11H18ClN5O/c1-7(2)4-14-8(18)5-17(3)11-9(13)10(12)15-6-16-11/h6-7H,4-5,13H2,1-3H3,(H,14,18). The van der Waals surface area contributed by atoms with Crippen molar-refractivity contribution in [2.24, 2.45) is 5.92 Å². The minimum atomic E-state index is -0.0830. The molecule has 0 unspecified atom stereocenters. The third-order valence-electron chi connectivity index (χ3n) is 2.26. The summed E-state index contributed by atoms with van der Waals surface area (Å²) in [5.41, 5.74) is 6.03. The zero-order chi connectivity index (χ0) is 13.7. The molecule has 1 aromatic rings. The van der Waals surface area contributed by atoms with Crippen LogP contribution in [0.15, 0.2) is 6.33 Å². The van der Waals surface area contributed by atoms with E-state index in [9.17, 15) is 4.79 Å². The molecule has 100 valence electrons. The molecule has 18 heavy (non-hydrogen) atoms. The first-order valence-electron chi connectivity index (χ1n) is 5.65. The third-order valence-corrected chi connectivity index (χ3v) is 2.57. The number of nitrogens with zero attached hydrogens (tertiary/aromatic N) is 3. The number of carbonyl (C=O) groups excluding carboxylic acids is 1. The number of likely N-dealkylation sites (N-methyl/N-ethyl adjacent to an activating group) is 1. The number of anilines is 2. The summed E-state index contributed by atoms with van der Waals surface area (Å²) in [4.78, 5) is 21.1. The lowest BCUT2D eigenvalue weighted by Gasteiger charge is -2.19. The molecule has 1 heterocycles. The van der Waals surface area contributed by atoms with E-state index in [1.807, 2.05) is 13.8 Å². The Labute approximate surface area is 112 Å². The molecule has 7 heteroatoms. The fraction of sp³-hybridized carbons (Fsp3) is 0.545. The highest BCUT2D eigenvalue weighted by Crippen LogP contribution is 2.24. The minimum absolute atomic E-state index is 0.0830. The Morgan fingerprint density at radius 1 is 1.56 bits per heavy atom. The van der Waals surface area contributed by atoms with Gasteiger partial charge in [0.15, 0.2) is 11.0 Å². The van der Waals surface area contributed by atoms with Gasteiger partial charge in [0, 0.05) is 13.6 Å². The van der Waals surface area contributed by atoms with Crippen molar-refractivity contribution in [3.63, 3.8) is 0 Å². The van der Waals surface area contributed by atoms with Crippen LogP contribution in [-0.2, 0) is 4.79 Å². The molecule has 0 bridgehead atoms. The summed E-state index contributed by atoms with van der Waals surface area (Å²) < 4.78 is 0. The lowest BCUT2D eigenvalue weighted by atomic mass is 10.2. The largest absolute Gasteiger partial charge is 0.393 e. The number of carbonyl (C=O) groups is 1. The van der Waals surface area contributed by atoms with Crippen LogP contribution < -0.4 is 16.0 Å². The van der Waals surface area contributed by atoms with Gasteiger partial charge >= 0.3 is 0 Å². The summed E-state index contributed by atoms with van der Waals surface area (Å²) >= 11 is 5.79. The van der Waals surface area contributed by atoms with Gasteiger partial charge in [-0.2, -0.15) is 0 Å². The molecular formula is C11H18ClN5O. The SMILES string of the molecule is CC(C)CNC(=O)CN(C)c1ncnc(Cl)c1N. The van der Waals surface area contributed by atoms with Crippen LogP contribution >= 0.6 is 11.6 Å². The van der Waals surface area contributed by atoms with Crippen LogP contribution in [0.2, 0.25) is 5.15 Å². The average molecular weight is 272 g/mol. The van der Waals surface area contributed by atoms with E-state index in [1.54, 1.807) is 11.9 Å². The summed E-state index contributed by atoms with van der Waals surface area (Å²) in [5, 5.41) is 3.01. The van der Waals surface area contributed by atoms with Gasteiger partial charge in [-0.25, -0.2) is 9.97 Å². The Hall–Kier alpha value is -1.56. The van der Waals surface area contributed by atoms with Crippen molar-refractivity contribution < 1.29 is 4.79 Å². The van der Waals surface area contributed by atoms with Crippen LogP contribution in [0.4, 0.5) is 11.5 Å². The molecule has 0 saturated carbocycles. The van der Waals surface area contributed by atoms with Gasteiger partial charge < -0.3 is 16.0 Å². The van der Waals surface area contributed by atoms with Crippen molar-refractivity contribution in [1.82, 2.24) is 15.3 Å². The topological polar surface area (TPSA) is 84.1 Å². The van der Waals surface area contributed by atoms with Crippen molar-refractivity contribution in [1.29, 1.82) is 0 Å². The second-order valence-electron chi connectivity index (χ2n) is 4.46. The molecule has 1 aromatic heterocycles. The monoisotopic (exact) mass is 271 g/mol. The lowest BCUT2D eigenvalue weighted by Crippen LogP contribution is -2.37. The maximum absolute atomic E-state index is 11.7. The molecule has 1 rings (SSSR count). The Bertz CT molecular complexity index is 424. The molecule has 0 fully saturated rings. The molecule has 0 spiro atoms. The third kappa shape index (κ3) is 4.03. The molecule has 3 N–H and O–H groups in total. The number of halogens is 1. The Kier molecular flexibility index (Phi) is 5.15. The van der Waals surface area contributed by atoms with Gasteiger partial charge in [-0.1, -0.05) is 25.4 Å². The van der Waals surface area contributed by atoms with E-state index in [0.29, 0.717) is 18.3 Å². The molecule has 0 aromatic carbocycles. The maximum Gasteiger partial charge on any atom is 0.239 e. The van der Waals surface area contributed by atoms with Gasteiger partial charge in [0.2, 0.25) is 5.91 Å². The van der Waals surface area contributed by atoms with Crippen molar-refractivity contribution >= 4 is 29.0 Å². The van der Waals surface area contributed by atoms with Crippen LogP contribution in [0, 0.1) is 5.92 Å². The highest BCUT2D eigenvalue weighted by atomic mass is 35.5. The molecule has 0 aliphatic rings. The summed E-state index contributed by atoms with van der Waals surface area (Å²) in [6, 6.07) is 0. The van der Waals surface area contributed by atoms with Crippen molar-refractivity contribution in [3.05, 3.63) is 11.5 Å². The zero-order valence-corrected chi connectivity index (χ0v) is 11.5. The number of aromatic nitrogens is 2. The molecule has 1 amide bonds. The second kappa shape index (κ2) is 6.39. The Morgan fingerprint density at radius 3 is 2.83 bits per heavy atom. The van der Waals surface area contributed by atoms with Crippen LogP contribution in [0.1, 0.15) is 13.8 Å². The number of rotatable bonds is 5. The number of hydrogen-bond donors (Lipinski definition) is 2. The first kappa shape index (κ1) is 14.5. The molecule has 0 aliphatic heterocycles. The van der Waals surface area contributed by atoms with E-state index in [1.165, 1.54) is 6.33 Å². The summed E-state index contributed by atoms with van der Waals surface area (Å²) in [7, 11) is 1.73. The smallest absolute Gasteiger partial charge is 0.239 e. The van der Waals surface area contributed by atoms with Crippen LogP contribution in [-0.4, -0.2) is 36.0 Å². The predicted molar refractivity (Wildman–Crippen MR) is 72.6 cm³/mol. The summed E-state index contributed by atoms with van der Waals surface area (Å²) in [6.07, 6.45) is 1.32. The number of nitrogens with one attached hydrogen (secondary N) is 1. The van der Waals surface area contributed by atoms with Crippen molar-refractivity contribution in [3.8, 4) is 0 Å². The maximum atomic E-state index is 11.7. The van der Waals surface area contributed by atoms with Gasteiger partial charge in [-0.3, -0.25) is 4.79 Å². The van der Waals surface area contributed by atoms with E-state index in [-0.39, 0.29) is 23.3 Å². The first-order valence-corrected chi connectivity index (χ1v) is 6.03. The molecular weight excluding hydrogens is 254 g/mol. The summed E-state index contributed by atoms with van der Waals surface area (Å²) in [6.45, 7) is 4.88. The van der Waals surface area contributed by atoms with Crippen molar-refractivity contribution in [2.75, 3.05) is 30.8 Å². The molecule has 0 radical (unpaired) electrons. The molecule has 0 aliphatic carbocycles. The first-order chi connectivity index (χ1) is 8.41. The van der Waals surface area contributed by atoms with Gasteiger partial charge in [0.25, 0.3) is 0 Å². The van der Waals surface area contributed by atoms with Crippen LogP contribution in [0.25, 0.3) is 0 Å². The van der Waals surface area contributed by atoms with Crippen LogP contribution in [0.3, 0.4) is 0 Å². The van der Waals surface area contributed by atoms with E-state index < -0.39 is 0 Å². The van der Waals surface area contributed by atoms with E-state index >= 15 is 0 Å². The highest BCUT2D eigenvalue weighted by molar-refractivity contribution is 6.32. The van der Waals surface area contributed by atoms with E-state index in [0.717, 1.165) is 0 Å². The number of nitrogen functional groups attached to an aromatic ring is 1. The van der Waals surface area contributed by atoms with Gasteiger partial charge in [0.1, 0.15) is 12.0 Å². The second-order valence-corrected chi connectivity index (χ2v) is 4.81. The zero-order valence-electron chi connectivity index (χ0n) is 10.8. The van der Waals surface area contributed by atoms with Crippen molar-refractivity contribution in [2.45, 2.75) is 13.8 Å². The highest BCUT2D eigenvalue weighted by Gasteiger charge is 2.13. The lowest BCUT2D eigenvalue weighted by molar-refractivity contribution is -0.119. The van der Waals surface area contributed by atoms with E-state index in [4.69, 9.17) is 17.3 Å². The molecule has 0 atom stereocenters. The summed E-state index contributed by atoms with van der Waals surface area (Å²) in [5.74, 6) is 0.785. The predicted octanol–water partition coefficient (Wildman–Crippen LogP) is 0.921. The fourth-order valence-corrected chi connectivity index (χ4v) is 1.46. The molecule has 0 saturated heterocycles. The normalized spacial score (nSPS) is 10.5. The Morgan fingerprint density at radius 2 is 2.22 bits per heavy atom. The van der Waals surface area contributed by atoms with Gasteiger partial charge in [0.05, 0.1) is 6.54 Å². The molecule has 6 nitrogen and oxygen atoms in total. The number of amides is 1. The Balaban J connectivity index is 2.62. The minimum Gasteiger partial charge on any atom is -0.393 e. The van der Waals surface area contributed by atoms with Gasteiger partial charge in [-0.15, -0.1) is 0 Å². The average Bonchev–Trinajstić information content (AvgIpc) is 2.30.